The smallest absolute Gasteiger partial charge is 0.310 e. The highest BCUT2D eigenvalue weighted by atomic mass is 79.9. The van der Waals surface area contributed by atoms with Crippen molar-refractivity contribution in [1.82, 2.24) is 0 Å². The van der Waals surface area contributed by atoms with Gasteiger partial charge in [0.05, 0.1) is 30.2 Å². The zero-order chi connectivity index (χ0) is 22.4. The third kappa shape index (κ3) is 5.92. The van der Waals surface area contributed by atoms with Gasteiger partial charge in [0.25, 0.3) is 10.0 Å². The van der Waals surface area contributed by atoms with E-state index in [0.717, 1.165) is 4.47 Å². The fraction of sp³-hybridized carbons (Fsp3) is 0.174. The number of carbonyl (C=O) groups excluding carboxylic acids is 1. The summed E-state index contributed by atoms with van der Waals surface area (Å²) < 4.78 is 47.1. The quantitative estimate of drug-likeness (QED) is 0.400. The number of halogens is 2. The number of hydrogen-bond donors (Lipinski definition) is 0. The molecule has 0 aliphatic rings. The molecular weight excluding hydrogens is 485 g/mol. The number of esters is 1. The molecule has 162 valence electrons. The van der Waals surface area contributed by atoms with Gasteiger partial charge in [-0.1, -0.05) is 40.2 Å². The van der Waals surface area contributed by atoms with E-state index in [1.165, 1.54) is 28.6 Å². The number of sulfonamides is 1. The average molecular weight is 506 g/mol. The Hall–Kier alpha value is -2.71. The molecule has 0 N–H and O–H groups in total. The van der Waals surface area contributed by atoms with Crippen molar-refractivity contribution in [2.75, 3.05) is 10.9 Å². The van der Waals surface area contributed by atoms with Crippen LogP contribution in [0, 0.1) is 5.82 Å². The first-order valence-electron chi connectivity index (χ1n) is 9.57. The van der Waals surface area contributed by atoms with E-state index in [2.05, 4.69) is 15.9 Å². The van der Waals surface area contributed by atoms with Crippen LogP contribution in [0.15, 0.2) is 82.2 Å². The van der Waals surface area contributed by atoms with Crippen molar-refractivity contribution >= 4 is 37.6 Å². The molecule has 0 radical (unpaired) electrons. The molecule has 3 aromatic rings. The first kappa shape index (κ1) is 23.0. The molecule has 0 aliphatic heterocycles. The van der Waals surface area contributed by atoms with Gasteiger partial charge in [-0.25, -0.2) is 12.8 Å². The second-order valence-electron chi connectivity index (χ2n) is 6.74. The minimum absolute atomic E-state index is 0.0237. The van der Waals surface area contributed by atoms with Crippen molar-refractivity contribution in [1.29, 1.82) is 0 Å². The normalized spacial score (nSPS) is 11.2. The molecule has 0 fully saturated rings. The van der Waals surface area contributed by atoms with Gasteiger partial charge < -0.3 is 4.74 Å². The topological polar surface area (TPSA) is 63.7 Å². The Morgan fingerprint density at radius 2 is 1.52 bits per heavy atom. The van der Waals surface area contributed by atoms with Crippen molar-refractivity contribution in [3.05, 3.63) is 94.2 Å². The largest absolute Gasteiger partial charge is 0.466 e. The molecule has 0 bridgehead atoms. The van der Waals surface area contributed by atoms with Crippen molar-refractivity contribution in [3.8, 4) is 0 Å². The predicted molar refractivity (Wildman–Crippen MR) is 121 cm³/mol. The summed E-state index contributed by atoms with van der Waals surface area (Å²) in [5, 5.41) is 0. The van der Waals surface area contributed by atoms with E-state index in [1.807, 2.05) is 0 Å². The van der Waals surface area contributed by atoms with Gasteiger partial charge in [0.2, 0.25) is 0 Å². The fourth-order valence-electron chi connectivity index (χ4n) is 2.96. The maximum absolute atomic E-state index is 13.4. The zero-order valence-corrected chi connectivity index (χ0v) is 19.2. The second kappa shape index (κ2) is 10.1. The number of anilines is 1. The van der Waals surface area contributed by atoms with Crippen LogP contribution < -0.4 is 4.31 Å². The lowest BCUT2D eigenvalue weighted by Crippen LogP contribution is -2.30. The summed E-state index contributed by atoms with van der Waals surface area (Å²) in [6.07, 6.45) is 0.103. The lowest BCUT2D eigenvalue weighted by molar-refractivity contribution is -0.142. The van der Waals surface area contributed by atoms with Crippen LogP contribution in [0.5, 0.6) is 0 Å². The van der Waals surface area contributed by atoms with Gasteiger partial charge in [0, 0.05) is 4.47 Å². The van der Waals surface area contributed by atoms with Crippen LogP contribution in [-0.2, 0) is 32.5 Å². The van der Waals surface area contributed by atoms with Gasteiger partial charge >= 0.3 is 5.97 Å². The summed E-state index contributed by atoms with van der Waals surface area (Å²) in [6, 6.07) is 18.7. The summed E-state index contributed by atoms with van der Waals surface area (Å²) in [5.41, 5.74) is 1.78. The van der Waals surface area contributed by atoms with E-state index in [0.29, 0.717) is 23.4 Å². The summed E-state index contributed by atoms with van der Waals surface area (Å²) in [4.78, 5) is 11.8. The van der Waals surface area contributed by atoms with Crippen molar-refractivity contribution < 1.29 is 22.3 Å². The molecule has 0 heterocycles. The summed E-state index contributed by atoms with van der Waals surface area (Å²) in [7, 11) is -3.90. The molecule has 0 aromatic heterocycles. The highest BCUT2D eigenvalue weighted by molar-refractivity contribution is 9.10. The molecule has 31 heavy (non-hydrogen) atoms. The summed E-state index contributed by atoms with van der Waals surface area (Å²) in [5.74, 6) is -0.740. The second-order valence-corrected chi connectivity index (χ2v) is 9.52. The lowest BCUT2D eigenvalue weighted by atomic mass is 10.1. The van der Waals surface area contributed by atoms with Gasteiger partial charge in [0.15, 0.2) is 0 Å². The summed E-state index contributed by atoms with van der Waals surface area (Å²) in [6.45, 7) is 2.06. The molecule has 0 unspecified atom stereocenters. The fourth-order valence-corrected chi connectivity index (χ4v) is 4.68. The van der Waals surface area contributed by atoms with Crippen LogP contribution in [0.3, 0.4) is 0 Å². The molecule has 0 spiro atoms. The van der Waals surface area contributed by atoms with E-state index in [1.54, 1.807) is 55.5 Å². The Morgan fingerprint density at radius 3 is 2.10 bits per heavy atom. The van der Waals surface area contributed by atoms with Gasteiger partial charge in [0.1, 0.15) is 5.82 Å². The van der Waals surface area contributed by atoms with Crippen LogP contribution in [0.25, 0.3) is 0 Å². The molecule has 0 saturated carbocycles. The van der Waals surface area contributed by atoms with E-state index >= 15 is 0 Å². The minimum atomic E-state index is -3.90. The van der Waals surface area contributed by atoms with E-state index in [9.17, 15) is 17.6 Å². The Labute approximate surface area is 189 Å². The predicted octanol–water partition coefficient (Wildman–Crippen LogP) is 5.09. The number of rotatable bonds is 8. The van der Waals surface area contributed by atoms with E-state index in [-0.39, 0.29) is 23.8 Å². The van der Waals surface area contributed by atoms with E-state index in [4.69, 9.17) is 4.74 Å². The number of ether oxygens (including phenoxy) is 1. The molecular formula is C23H21BrFNO4S. The summed E-state index contributed by atoms with van der Waals surface area (Å²) >= 11 is 3.31. The monoisotopic (exact) mass is 505 g/mol. The third-order valence-electron chi connectivity index (χ3n) is 4.52. The van der Waals surface area contributed by atoms with Crippen LogP contribution in [0.2, 0.25) is 0 Å². The SMILES string of the molecule is CCOC(=O)Cc1ccc(N(Cc2ccc(F)cc2)S(=O)(=O)c2ccc(Br)cc2)cc1. The van der Waals surface area contributed by atoms with Crippen LogP contribution in [-0.4, -0.2) is 21.0 Å². The maximum Gasteiger partial charge on any atom is 0.310 e. The molecule has 0 amide bonds. The maximum atomic E-state index is 13.4. The number of nitrogens with zero attached hydrogens (tertiary/aromatic N) is 1. The third-order valence-corrected chi connectivity index (χ3v) is 6.84. The van der Waals surface area contributed by atoms with Crippen molar-refractivity contribution in [2.45, 2.75) is 24.8 Å². The number of benzene rings is 3. The number of hydrogen-bond acceptors (Lipinski definition) is 4. The zero-order valence-electron chi connectivity index (χ0n) is 16.8. The number of carbonyl (C=O) groups is 1. The van der Waals surface area contributed by atoms with Gasteiger partial charge in [-0.15, -0.1) is 0 Å². The van der Waals surface area contributed by atoms with Crippen LogP contribution in [0.4, 0.5) is 10.1 Å². The minimum Gasteiger partial charge on any atom is -0.466 e. The Morgan fingerprint density at radius 1 is 0.935 bits per heavy atom. The first-order valence-corrected chi connectivity index (χ1v) is 11.8. The van der Waals surface area contributed by atoms with Gasteiger partial charge in [-0.05, 0) is 66.6 Å². The molecule has 0 aliphatic carbocycles. The van der Waals surface area contributed by atoms with Crippen molar-refractivity contribution in [2.24, 2.45) is 0 Å². The Bertz CT molecular complexity index is 1130. The standard InChI is InChI=1S/C23H21BrFNO4S/c1-2-30-23(27)15-17-5-11-21(12-6-17)26(16-18-3-9-20(25)10-4-18)31(28,29)22-13-7-19(24)8-14-22/h3-14H,2,15-16H2,1H3. The lowest BCUT2D eigenvalue weighted by Gasteiger charge is -2.25. The molecule has 0 atom stereocenters. The highest BCUT2D eigenvalue weighted by Crippen LogP contribution is 2.27. The van der Waals surface area contributed by atoms with Crippen LogP contribution in [0.1, 0.15) is 18.1 Å². The first-order chi connectivity index (χ1) is 14.8. The molecule has 0 saturated heterocycles. The molecule has 3 aromatic carbocycles. The molecule has 8 heteroatoms. The Balaban J connectivity index is 1.96. The Kier molecular flexibility index (Phi) is 7.46. The highest BCUT2D eigenvalue weighted by Gasteiger charge is 2.25. The molecule has 5 nitrogen and oxygen atoms in total. The van der Waals surface area contributed by atoms with E-state index < -0.39 is 15.8 Å². The molecule has 3 rings (SSSR count). The van der Waals surface area contributed by atoms with Crippen LogP contribution >= 0.6 is 15.9 Å². The average Bonchev–Trinajstić information content (AvgIpc) is 2.74. The van der Waals surface area contributed by atoms with Crippen molar-refractivity contribution in [3.63, 3.8) is 0 Å². The van der Waals surface area contributed by atoms with Gasteiger partial charge in [-0.2, -0.15) is 0 Å². The van der Waals surface area contributed by atoms with Gasteiger partial charge in [-0.3, -0.25) is 9.10 Å².